The summed E-state index contributed by atoms with van der Waals surface area (Å²) in [6.07, 6.45) is 6.35. The normalized spacial score (nSPS) is 14.7. The summed E-state index contributed by atoms with van der Waals surface area (Å²) in [7, 11) is 0. The van der Waals surface area contributed by atoms with Crippen molar-refractivity contribution in [2.75, 3.05) is 0 Å². The number of aromatic nitrogens is 2. The molecule has 2 N–H and O–H groups in total. The molecule has 0 fully saturated rings. The minimum absolute atomic E-state index is 0.0159. The van der Waals surface area contributed by atoms with E-state index in [1.54, 1.807) is 30.4 Å². The molecule has 120 valence electrons. The molecule has 0 aliphatic heterocycles. The van der Waals surface area contributed by atoms with Crippen LogP contribution in [-0.4, -0.2) is 20.4 Å². The van der Waals surface area contributed by atoms with E-state index in [9.17, 15) is 14.7 Å². The quantitative estimate of drug-likeness (QED) is 0.512. The number of H-pyrrole nitrogens is 1. The fourth-order valence-electron chi connectivity index (χ4n) is 2.53. The van der Waals surface area contributed by atoms with Gasteiger partial charge in [0.15, 0.2) is 10.6 Å². The van der Waals surface area contributed by atoms with Crippen molar-refractivity contribution in [3.63, 3.8) is 0 Å². The number of fused-ring (bicyclic) bond motifs is 1. The lowest BCUT2D eigenvalue weighted by atomic mass is 9.92. The van der Waals surface area contributed by atoms with E-state index in [4.69, 9.17) is 12.2 Å². The summed E-state index contributed by atoms with van der Waals surface area (Å²) in [6.45, 7) is 3.83. The Labute approximate surface area is 142 Å². The molecule has 0 spiro atoms. The Morgan fingerprint density at radius 2 is 2.00 bits per heavy atom. The summed E-state index contributed by atoms with van der Waals surface area (Å²) in [5, 5.41) is 10.3. The van der Waals surface area contributed by atoms with Crippen LogP contribution in [0.4, 0.5) is 0 Å². The van der Waals surface area contributed by atoms with Gasteiger partial charge in [0.05, 0.1) is 0 Å². The van der Waals surface area contributed by atoms with Crippen LogP contribution in [0.3, 0.4) is 0 Å². The van der Waals surface area contributed by atoms with Crippen LogP contribution in [-0.2, 0) is 6.54 Å². The first-order valence-corrected chi connectivity index (χ1v) is 7.64. The summed E-state index contributed by atoms with van der Waals surface area (Å²) in [6, 6.07) is 7.20. The van der Waals surface area contributed by atoms with E-state index in [1.165, 1.54) is 10.6 Å². The molecule has 0 radical (unpaired) electrons. The maximum Gasteiger partial charge on any atom is 0.262 e. The van der Waals surface area contributed by atoms with E-state index in [-0.39, 0.29) is 28.5 Å². The van der Waals surface area contributed by atoms with Gasteiger partial charge in [-0.2, -0.15) is 0 Å². The average molecular weight is 338 g/mol. The lowest BCUT2D eigenvalue weighted by Crippen LogP contribution is -2.17. The zero-order valence-electron chi connectivity index (χ0n) is 12.7. The minimum Gasteiger partial charge on any atom is -0.494 e. The summed E-state index contributed by atoms with van der Waals surface area (Å²) in [4.78, 5) is 27.2. The number of rotatable bonds is 3. The summed E-state index contributed by atoms with van der Waals surface area (Å²) >= 11 is 5.03. The Bertz CT molecular complexity index is 1030. The highest BCUT2D eigenvalue weighted by Gasteiger charge is 2.19. The molecule has 3 rings (SSSR count). The molecule has 6 heteroatoms. The van der Waals surface area contributed by atoms with E-state index in [0.717, 1.165) is 5.56 Å². The molecule has 2 aromatic rings. The van der Waals surface area contributed by atoms with Crippen molar-refractivity contribution in [2.24, 2.45) is 0 Å². The number of ketones is 1. The lowest BCUT2D eigenvalue weighted by molar-refractivity contribution is 0.103. The van der Waals surface area contributed by atoms with Crippen LogP contribution in [0.15, 0.2) is 53.4 Å². The van der Waals surface area contributed by atoms with Gasteiger partial charge < -0.3 is 5.11 Å². The Hall–Kier alpha value is -2.99. The first-order chi connectivity index (χ1) is 11.5. The third-order valence-electron chi connectivity index (χ3n) is 3.73. The fraction of sp³-hybridized carbons (Fsp3) is 0.0556. The average Bonchev–Trinajstić information content (AvgIpc) is 2.57. The number of benzene rings is 1. The predicted octanol–water partition coefficient (Wildman–Crippen LogP) is 3.09. The van der Waals surface area contributed by atoms with E-state index in [2.05, 4.69) is 11.6 Å². The molecule has 0 amide bonds. The molecule has 24 heavy (non-hydrogen) atoms. The second-order valence-electron chi connectivity index (χ2n) is 5.25. The van der Waals surface area contributed by atoms with Crippen LogP contribution in [0.1, 0.15) is 21.5 Å². The third-order valence-corrected chi connectivity index (χ3v) is 4.05. The fourth-order valence-corrected chi connectivity index (χ4v) is 2.79. The van der Waals surface area contributed by atoms with Crippen LogP contribution < -0.4 is 5.56 Å². The summed E-state index contributed by atoms with van der Waals surface area (Å²) in [5.41, 5.74) is 1.13. The number of nitrogens with zero attached hydrogens (tertiary/aromatic N) is 1. The second kappa shape index (κ2) is 6.25. The third kappa shape index (κ3) is 2.68. The molecule has 1 aliphatic carbocycles. The molecule has 1 aliphatic rings. The number of allylic oxidation sites excluding steroid dienone is 3. The minimum atomic E-state index is -0.551. The molecule has 0 atom stereocenters. The highest BCUT2D eigenvalue weighted by molar-refractivity contribution is 7.71. The number of carbonyl (C=O) groups is 1. The van der Waals surface area contributed by atoms with Crippen molar-refractivity contribution >= 4 is 30.2 Å². The first kappa shape index (κ1) is 15.9. The van der Waals surface area contributed by atoms with E-state index in [1.807, 2.05) is 12.1 Å². The Morgan fingerprint density at radius 1 is 1.25 bits per heavy atom. The highest BCUT2D eigenvalue weighted by atomic mass is 32.1. The molecular formula is C18H14N2O3S. The molecule has 1 aromatic heterocycles. The smallest absolute Gasteiger partial charge is 0.262 e. The number of nitrogens with one attached hydrogen (secondary N) is 1. The number of carbonyl (C=O) groups excluding carboxylic acids is 1. The van der Waals surface area contributed by atoms with Crippen LogP contribution in [0.5, 0.6) is 5.88 Å². The lowest BCUT2D eigenvalue weighted by Gasteiger charge is -2.13. The molecule has 0 saturated carbocycles. The van der Waals surface area contributed by atoms with Crippen molar-refractivity contribution in [1.82, 2.24) is 9.55 Å². The maximum atomic E-state index is 12.6. The van der Waals surface area contributed by atoms with Crippen LogP contribution in [0, 0.1) is 4.77 Å². The van der Waals surface area contributed by atoms with Gasteiger partial charge in [0.2, 0.25) is 5.88 Å². The zero-order chi connectivity index (χ0) is 17.3. The molecule has 1 heterocycles. The van der Waals surface area contributed by atoms with E-state index >= 15 is 0 Å². The molecule has 0 unspecified atom stereocenters. The van der Waals surface area contributed by atoms with Crippen molar-refractivity contribution in [2.45, 2.75) is 6.54 Å². The Kier molecular flexibility index (Phi) is 4.14. The summed E-state index contributed by atoms with van der Waals surface area (Å²) in [5.74, 6) is -0.499. The molecular weight excluding hydrogens is 324 g/mol. The monoisotopic (exact) mass is 338 g/mol. The van der Waals surface area contributed by atoms with Crippen molar-refractivity contribution in [3.8, 4) is 5.88 Å². The Morgan fingerprint density at radius 3 is 2.75 bits per heavy atom. The van der Waals surface area contributed by atoms with Gasteiger partial charge in [-0.1, -0.05) is 42.5 Å². The maximum absolute atomic E-state index is 12.6. The highest BCUT2D eigenvalue weighted by Crippen LogP contribution is 2.25. The number of hydrogen-bond acceptors (Lipinski definition) is 4. The van der Waals surface area contributed by atoms with Gasteiger partial charge in [0.25, 0.3) is 5.56 Å². The Balaban J connectivity index is 2.16. The second-order valence-corrected chi connectivity index (χ2v) is 5.63. The predicted molar refractivity (Wildman–Crippen MR) is 95.5 cm³/mol. The number of aromatic amines is 1. The van der Waals surface area contributed by atoms with E-state index < -0.39 is 5.56 Å². The van der Waals surface area contributed by atoms with Crippen LogP contribution in [0.25, 0.3) is 12.2 Å². The van der Waals surface area contributed by atoms with Crippen molar-refractivity contribution in [3.05, 3.63) is 80.4 Å². The topological polar surface area (TPSA) is 75.1 Å². The largest absolute Gasteiger partial charge is 0.494 e. The number of hydrogen-bond donors (Lipinski definition) is 2. The van der Waals surface area contributed by atoms with Crippen molar-refractivity contribution in [1.29, 1.82) is 0 Å². The molecule has 5 nitrogen and oxygen atoms in total. The molecule has 0 bridgehead atoms. The van der Waals surface area contributed by atoms with Crippen LogP contribution in [0.2, 0.25) is 0 Å². The van der Waals surface area contributed by atoms with Gasteiger partial charge in [-0.05, 0) is 23.9 Å². The van der Waals surface area contributed by atoms with Gasteiger partial charge in [-0.3, -0.25) is 19.1 Å². The first-order valence-electron chi connectivity index (χ1n) is 7.23. The van der Waals surface area contributed by atoms with Gasteiger partial charge in [-0.15, -0.1) is 6.58 Å². The van der Waals surface area contributed by atoms with Gasteiger partial charge in [-0.25, -0.2) is 0 Å². The molecule has 0 saturated heterocycles. The van der Waals surface area contributed by atoms with Gasteiger partial charge in [0, 0.05) is 17.7 Å². The SMILES string of the molecule is C=CCn1c(O)c(C=C2C=Cc3ccccc3C2=O)c(=O)[nH]c1=S. The zero-order valence-corrected chi connectivity index (χ0v) is 13.5. The van der Waals surface area contributed by atoms with Gasteiger partial charge in [0.1, 0.15) is 5.56 Å². The number of Topliss-reactive ketones (excluding diaryl/α,β-unsaturated/α-hetero) is 1. The van der Waals surface area contributed by atoms with Crippen molar-refractivity contribution < 1.29 is 9.90 Å². The molecule has 1 aromatic carbocycles. The van der Waals surface area contributed by atoms with Crippen LogP contribution >= 0.6 is 12.2 Å². The standard InChI is InChI=1S/C18H14N2O3S/c1-2-9-20-17(23)14(16(22)19-18(20)24)10-12-8-7-11-5-3-4-6-13(11)15(12)21/h2-8,10,23H,1,9H2,(H,19,22,24). The summed E-state index contributed by atoms with van der Waals surface area (Å²) < 4.78 is 1.43. The van der Waals surface area contributed by atoms with E-state index in [0.29, 0.717) is 11.1 Å². The van der Waals surface area contributed by atoms with Gasteiger partial charge >= 0.3 is 0 Å². The number of aromatic hydroxyl groups is 1.